The molecule has 6 heteroatoms. The van der Waals surface area contributed by atoms with Crippen LogP contribution in [0.4, 0.5) is 0 Å². The second kappa shape index (κ2) is 9.09. The van der Waals surface area contributed by atoms with Gasteiger partial charge < -0.3 is 9.47 Å². The van der Waals surface area contributed by atoms with Crippen molar-refractivity contribution in [3.05, 3.63) is 92.6 Å². The summed E-state index contributed by atoms with van der Waals surface area (Å²) in [7, 11) is 1.68. The highest BCUT2D eigenvalue weighted by Gasteiger charge is 2.24. The zero-order valence-electron chi connectivity index (χ0n) is 16.2. The zero-order chi connectivity index (χ0) is 20.2. The highest BCUT2D eigenvalue weighted by Crippen LogP contribution is 2.41. The summed E-state index contributed by atoms with van der Waals surface area (Å²) in [6.07, 6.45) is 0. The Morgan fingerprint density at radius 1 is 1.07 bits per heavy atom. The van der Waals surface area contributed by atoms with Crippen LogP contribution in [-0.2, 0) is 6.61 Å². The molecule has 4 nitrogen and oxygen atoms in total. The Morgan fingerprint density at radius 3 is 2.59 bits per heavy atom. The lowest BCUT2D eigenvalue weighted by atomic mass is 10.1. The topological polar surface area (TPSA) is 42.8 Å². The molecule has 29 heavy (non-hydrogen) atoms. The number of hydrogen-bond donors (Lipinski definition) is 1. The van der Waals surface area contributed by atoms with Crippen molar-refractivity contribution in [1.82, 2.24) is 5.43 Å². The number of hydrogen-bond acceptors (Lipinski definition) is 5. The number of nitrogens with one attached hydrogen (secondary N) is 1. The molecule has 3 aromatic carbocycles. The van der Waals surface area contributed by atoms with Gasteiger partial charge in [-0.3, -0.25) is 5.43 Å². The minimum atomic E-state index is 0.0399. The van der Waals surface area contributed by atoms with E-state index in [1.807, 2.05) is 36.4 Å². The molecule has 0 saturated carbocycles. The average molecular weight is 516 g/mol. The summed E-state index contributed by atoms with van der Waals surface area (Å²) in [5.74, 6) is 1.50. The Labute approximate surface area is 188 Å². The number of halogens is 1. The molecule has 0 fully saturated rings. The number of ether oxygens (including phenoxy) is 2. The molecule has 0 spiro atoms. The SMILES string of the molecule is COc1cc([C@@H]2NN=C(c3ccccc3)S2)cc(I)c1OCc1ccccc1C. The van der Waals surface area contributed by atoms with Crippen LogP contribution in [0, 0.1) is 10.5 Å². The average Bonchev–Trinajstić information content (AvgIpc) is 3.24. The highest BCUT2D eigenvalue weighted by atomic mass is 127. The van der Waals surface area contributed by atoms with Crippen LogP contribution in [0.1, 0.15) is 27.6 Å². The number of rotatable bonds is 6. The molecule has 1 heterocycles. The highest BCUT2D eigenvalue weighted by molar-refractivity contribution is 14.1. The van der Waals surface area contributed by atoms with E-state index in [1.54, 1.807) is 18.9 Å². The zero-order valence-corrected chi connectivity index (χ0v) is 19.2. The van der Waals surface area contributed by atoms with Gasteiger partial charge in [-0.25, -0.2) is 0 Å². The van der Waals surface area contributed by atoms with E-state index in [9.17, 15) is 0 Å². The van der Waals surface area contributed by atoms with Gasteiger partial charge >= 0.3 is 0 Å². The fourth-order valence-electron chi connectivity index (χ4n) is 3.09. The van der Waals surface area contributed by atoms with Gasteiger partial charge in [0.05, 0.1) is 10.7 Å². The molecule has 0 bridgehead atoms. The van der Waals surface area contributed by atoms with Crippen molar-refractivity contribution in [3.63, 3.8) is 0 Å². The van der Waals surface area contributed by atoms with Gasteiger partial charge in [-0.05, 0) is 58.3 Å². The Hall–Kier alpha value is -2.19. The largest absolute Gasteiger partial charge is 0.493 e. The first-order chi connectivity index (χ1) is 14.2. The van der Waals surface area contributed by atoms with Crippen LogP contribution in [0.3, 0.4) is 0 Å². The first-order valence-corrected chi connectivity index (χ1v) is 11.2. The summed E-state index contributed by atoms with van der Waals surface area (Å²) in [6, 6.07) is 22.6. The molecule has 1 aliphatic heterocycles. The van der Waals surface area contributed by atoms with E-state index >= 15 is 0 Å². The number of thioether (sulfide) groups is 1. The number of methoxy groups -OCH3 is 1. The van der Waals surface area contributed by atoms with Crippen LogP contribution in [0.15, 0.2) is 71.8 Å². The van der Waals surface area contributed by atoms with Crippen molar-refractivity contribution in [2.24, 2.45) is 5.10 Å². The van der Waals surface area contributed by atoms with Crippen LogP contribution >= 0.6 is 34.4 Å². The molecule has 1 aliphatic rings. The van der Waals surface area contributed by atoms with Crippen LogP contribution in [0.2, 0.25) is 0 Å². The Bertz CT molecular complexity index is 1040. The van der Waals surface area contributed by atoms with Crippen molar-refractivity contribution >= 4 is 39.4 Å². The van der Waals surface area contributed by atoms with Gasteiger partial charge in [-0.15, -0.1) is 0 Å². The summed E-state index contributed by atoms with van der Waals surface area (Å²) in [5.41, 5.74) is 7.85. The summed E-state index contributed by atoms with van der Waals surface area (Å²) >= 11 is 4.01. The second-order valence-electron chi connectivity index (χ2n) is 6.66. The van der Waals surface area contributed by atoms with Crippen LogP contribution in [0.5, 0.6) is 11.5 Å². The molecule has 3 aromatic rings. The summed E-state index contributed by atoms with van der Waals surface area (Å²) in [5, 5.41) is 5.54. The first kappa shape index (κ1) is 20.1. The smallest absolute Gasteiger partial charge is 0.174 e. The monoisotopic (exact) mass is 516 g/mol. The molecule has 0 saturated heterocycles. The lowest BCUT2D eigenvalue weighted by Gasteiger charge is -2.17. The third-order valence-corrected chi connectivity index (χ3v) is 6.69. The molecular weight excluding hydrogens is 495 g/mol. The number of aryl methyl sites for hydroxylation is 1. The van der Waals surface area contributed by atoms with Crippen LogP contribution in [0.25, 0.3) is 0 Å². The predicted octanol–water partition coefficient (Wildman–Crippen LogP) is 5.88. The van der Waals surface area contributed by atoms with E-state index in [0.29, 0.717) is 6.61 Å². The van der Waals surface area contributed by atoms with Gasteiger partial charge in [0.1, 0.15) is 17.0 Å². The van der Waals surface area contributed by atoms with Gasteiger partial charge in [0.25, 0.3) is 0 Å². The summed E-state index contributed by atoms with van der Waals surface area (Å²) in [4.78, 5) is 0. The van der Waals surface area contributed by atoms with Crippen molar-refractivity contribution in [2.75, 3.05) is 7.11 Å². The number of hydrazone groups is 1. The molecule has 0 aromatic heterocycles. The molecule has 148 valence electrons. The maximum absolute atomic E-state index is 6.15. The fraction of sp³-hybridized carbons (Fsp3) is 0.174. The molecule has 0 aliphatic carbocycles. The van der Waals surface area contributed by atoms with Gasteiger partial charge in [0, 0.05) is 5.56 Å². The Balaban J connectivity index is 1.52. The van der Waals surface area contributed by atoms with Gasteiger partial charge in [-0.2, -0.15) is 5.10 Å². The van der Waals surface area contributed by atoms with Gasteiger partial charge in [0.15, 0.2) is 11.5 Å². The molecule has 0 unspecified atom stereocenters. The molecule has 0 radical (unpaired) electrons. The van der Waals surface area contributed by atoms with Gasteiger partial charge in [0.2, 0.25) is 0 Å². The Morgan fingerprint density at radius 2 is 1.83 bits per heavy atom. The van der Waals surface area contributed by atoms with E-state index in [4.69, 9.17) is 9.47 Å². The molecular formula is C23H21IN2O2S. The molecule has 1 atom stereocenters. The predicted molar refractivity (Wildman–Crippen MR) is 128 cm³/mol. The summed E-state index contributed by atoms with van der Waals surface area (Å²) in [6.45, 7) is 2.60. The summed E-state index contributed by atoms with van der Waals surface area (Å²) < 4.78 is 12.8. The van der Waals surface area contributed by atoms with Crippen LogP contribution < -0.4 is 14.9 Å². The van der Waals surface area contributed by atoms with Crippen molar-refractivity contribution in [2.45, 2.75) is 18.9 Å². The quantitative estimate of drug-likeness (QED) is 0.416. The maximum Gasteiger partial charge on any atom is 0.174 e. The molecule has 4 rings (SSSR count). The van der Waals surface area contributed by atoms with Crippen LogP contribution in [-0.4, -0.2) is 12.2 Å². The third kappa shape index (κ3) is 4.53. The van der Waals surface area contributed by atoms with E-state index in [2.05, 4.69) is 70.4 Å². The van der Waals surface area contributed by atoms with E-state index in [-0.39, 0.29) is 5.37 Å². The molecule has 0 amide bonds. The van der Waals surface area contributed by atoms with Crippen molar-refractivity contribution < 1.29 is 9.47 Å². The fourth-order valence-corrected chi connectivity index (χ4v) is 4.85. The third-order valence-electron chi connectivity index (χ3n) is 4.72. The minimum Gasteiger partial charge on any atom is -0.493 e. The van der Waals surface area contributed by atoms with Crippen molar-refractivity contribution in [1.29, 1.82) is 0 Å². The lowest BCUT2D eigenvalue weighted by molar-refractivity contribution is 0.281. The molecule has 1 N–H and O–H groups in total. The maximum atomic E-state index is 6.15. The van der Waals surface area contributed by atoms with E-state index in [0.717, 1.165) is 31.2 Å². The van der Waals surface area contributed by atoms with E-state index in [1.165, 1.54) is 11.1 Å². The number of nitrogens with zero attached hydrogens (tertiary/aromatic N) is 1. The van der Waals surface area contributed by atoms with Crippen molar-refractivity contribution in [3.8, 4) is 11.5 Å². The Kier molecular flexibility index (Phi) is 6.30. The standard InChI is InChI=1S/C23H21IN2O2S/c1-15-8-6-7-11-17(15)14-28-21-19(24)12-18(13-20(21)27-2)23-26-25-22(29-23)16-9-4-3-5-10-16/h3-13,23,26H,14H2,1-2H3/t23-/m1/s1. The minimum absolute atomic E-state index is 0.0399. The first-order valence-electron chi connectivity index (χ1n) is 9.25. The second-order valence-corrected chi connectivity index (χ2v) is 8.92. The van der Waals surface area contributed by atoms with Gasteiger partial charge in [-0.1, -0.05) is 66.4 Å². The van der Waals surface area contributed by atoms with E-state index < -0.39 is 0 Å². The normalized spacial score (nSPS) is 15.6. The lowest BCUT2D eigenvalue weighted by Crippen LogP contribution is -2.08. The number of benzene rings is 3.